The molecule has 2 aromatic heterocycles. The first-order chi connectivity index (χ1) is 9.65. The van der Waals surface area contributed by atoms with Crippen molar-refractivity contribution in [1.82, 2.24) is 20.1 Å². The minimum absolute atomic E-state index is 0.270. The highest BCUT2D eigenvalue weighted by Gasteiger charge is 2.21. The Hall–Kier alpha value is -1.75. The lowest BCUT2D eigenvalue weighted by Gasteiger charge is -2.08. The Labute approximate surface area is 118 Å². The summed E-state index contributed by atoms with van der Waals surface area (Å²) < 4.78 is 16.0. The maximum atomic E-state index is 14.5. The Kier molecular flexibility index (Phi) is 3.53. The topological polar surface area (TPSA) is 42.7 Å². The van der Waals surface area contributed by atoms with Crippen LogP contribution in [0.5, 0.6) is 0 Å². The summed E-state index contributed by atoms with van der Waals surface area (Å²) in [4.78, 5) is 4.12. The highest BCUT2D eigenvalue weighted by molar-refractivity contribution is 5.30. The third kappa shape index (κ3) is 2.72. The fourth-order valence-corrected chi connectivity index (χ4v) is 2.07. The van der Waals surface area contributed by atoms with Crippen molar-refractivity contribution in [3.05, 3.63) is 41.6 Å². The van der Waals surface area contributed by atoms with E-state index in [1.807, 2.05) is 6.07 Å². The Bertz CT molecular complexity index is 602. The number of hydrogen-bond acceptors (Lipinski definition) is 3. The van der Waals surface area contributed by atoms with Gasteiger partial charge in [-0.3, -0.25) is 0 Å². The molecule has 0 saturated heterocycles. The summed E-state index contributed by atoms with van der Waals surface area (Å²) in [5, 5.41) is 7.70. The van der Waals surface area contributed by atoms with Gasteiger partial charge in [-0.25, -0.2) is 14.1 Å². The van der Waals surface area contributed by atoms with Crippen molar-refractivity contribution in [2.24, 2.45) is 0 Å². The molecule has 4 nitrogen and oxygen atoms in total. The molecule has 2 aromatic rings. The SMILES string of the molecule is CC(C)c1ccn(-c2nccc(CNC3CC3)c2F)n1. The van der Waals surface area contributed by atoms with Crippen molar-refractivity contribution < 1.29 is 4.39 Å². The van der Waals surface area contributed by atoms with E-state index in [4.69, 9.17) is 0 Å². The number of halogens is 1. The molecule has 1 aliphatic rings. The van der Waals surface area contributed by atoms with Crippen LogP contribution in [0.4, 0.5) is 4.39 Å². The molecule has 0 amide bonds. The van der Waals surface area contributed by atoms with Gasteiger partial charge in [-0.05, 0) is 30.9 Å². The Morgan fingerprint density at radius 1 is 1.40 bits per heavy atom. The molecular formula is C15H19FN4. The summed E-state index contributed by atoms with van der Waals surface area (Å²) >= 11 is 0. The standard InChI is InChI=1S/C15H19FN4/c1-10(2)13-6-8-20(19-13)15-14(16)11(5-7-17-15)9-18-12-3-4-12/h5-8,10,12,18H,3-4,9H2,1-2H3. The summed E-state index contributed by atoms with van der Waals surface area (Å²) in [6.07, 6.45) is 5.78. The van der Waals surface area contributed by atoms with Crippen LogP contribution in [0.2, 0.25) is 0 Å². The van der Waals surface area contributed by atoms with Gasteiger partial charge in [0.2, 0.25) is 0 Å². The second-order valence-corrected chi connectivity index (χ2v) is 5.60. The lowest BCUT2D eigenvalue weighted by atomic mass is 10.1. The molecule has 1 aliphatic carbocycles. The van der Waals surface area contributed by atoms with E-state index in [9.17, 15) is 4.39 Å². The van der Waals surface area contributed by atoms with Gasteiger partial charge in [0, 0.05) is 30.5 Å². The van der Waals surface area contributed by atoms with Crippen LogP contribution in [-0.4, -0.2) is 20.8 Å². The molecule has 3 rings (SSSR count). The van der Waals surface area contributed by atoms with E-state index in [0.717, 1.165) is 5.69 Å². The van der Waals surface area contributed by atoms with E-state index < -0.39 is 0 Å². The van der Waals surface area contributed by atoms with E-state index in [0.29, 0.717) is 24.1 Å². The first-order valence-corrected chi connectivity index (χ1v) is 7.08. The monoisotopic (exact) mass is 274 g/mol. The van der Waals surface area contributed by atoms with Gasteiger partial charge in [0.05, 0.1) is 5.69 Å². The van der Waals surface area contributed by atoms with Gasteiger partial charge < -0.3 is 5.32 Å². The van der Waals surface area contributed by atoms with Crippen LogP contribution < -0.4 is 5.32 Å². The van der Waals surface area contributed by atoms with Crippen molar-refractivity contribution in [3.8, 4) is 5.82 Å². The molecule has 0 bridgehead atoms. The molecule has 2 heterocycles. The van der Waals surface area contributed by atoms with Gasteiger partial charge >= 0.3 is 0 Å². The van der Waals surface area contributed by atoms with Gasteiger partial charge in [-0.2, -0.15) is 5.10 Å². The van der Waals surface area contributed by atoms with Gasteiger partial charge in [-0.1, -0.05) is 13.8 Å². The third-order valence-electron chi connectivity index (χ3n) is 3.53. The van der Waals surface area contributed by atoms with Crippen molar-refractivity contribution >= 4 is 0 Å². The van der Waals surface area contributed by atoms with Gasteiger partial charge in [0.15, 0.2) is 11.6 Å². The minimum Gasteiger partial charge on any atom is -0.310 e. The smallest absolute Gasteiger partial charge is 0.190 e. The van der Waals surface area contributed by atoms with Gasteiger partial charge in [0.25, 0.3) is 0 Å². The second kappa shape index (κ2) is 5.32. The summed E-state index contributed by atoms with van der Waals surface area (Å²) in [5.41, 5.74) is 1.58. The third-order valence-corrected chi connectivity index (χ3v) is 3.53. The largest absolute Gasteiger partial charge is 0.310 e. The molecule has 0 unspecified atom stereocenters. The normalized spacial score (nSPS) is 15.0. The first-order valence-electron chi connectivity index (χ1n) is 7.08. The van der Waals surface area contributed by atoms with Crippen LogP contribution in [-0.2, 0) is 6.54 Å². The minimum atomic E-state index is -0.293. The number of nitrogens with zero attached hydrogens (tertiary/aromatic N) is 3. The van der Waals surface area contributed by atoms with Crippen LogP contribution >= 0.6 is 0 Å². The van der Waals surface area contributed by atoms with Crippen LogP contribution in [0.25, 0.3) is 5.82 Å². The van der Waals surface area contributed by atoms with E-state index in [1.54, 1.807) is 18.5 Å². The summed E-state index contributed by atoms with van der Waals surface area (Å²) in [6, 6.07) is 4.19. The lowest BCUT2D eigenvalue weighted by Crippen LogP contribution is -2.17. The molecule has 1 fully saturated rings. The fourth-order valence-electron chi connectivity index (χ4n) is 2.07. The molecule has 0 aromatic carbocycles. The van der Waals surface area contributed by atoms with Crippen LogP contribution in [0.1, 0.15) is 43.9 Å². The quantitative estimate of drug-likeness (QED) is 0.911. The van der Waals surface area contributed by atoms with Gasteiger partial charge in [0.1, 0.15) is 0 Å². The van der Waals surface area contributed by atoms with E-state index in [-0.39, 0.29) is 11.6 Å². The average Bonchev–Trinajstić information content (AvgIpc) is 3.12. The molecule has 0 radical (unpaired) electrons. The fraction of sp³-hybridized carbons (Fsp3) is 0.467. The zero-order valence-corrected chi connectivity index (χ0v) is 11.8. The van der Waals surface area contributed by atoms with Crippen LogP contribution in [0.3, 0.4) is 0 Å². The van der Waals surface area contributed by atoms with E-state index in [2.05, 4.69) is 29.2 Å². The summed E-state index contributed by atoms with van der Waals surface area (Å²) in [7, 11) is 0. The lowest BCUT2D eigenvalue weighted by molar-refractivity contribution is 0.565. The molecule has 20 heavy (non-hydrogen) atoms. The van der Waals surface area contributed by atoms with Crippen LogP contribution in [0, 0.1) is 5.82 Å². The molecule has 5 heteroatoms. The predicted octanol–water partition coefficient (Wildman–Crippen LogP) is 2.78. The Morgan fingerprint density at radius 2 is 2.20 bits per heavy atom. The van der Waals surface area contributed by atoms with Crippen LogP contribution in [0.15, 0.2) is 24.5 Å². The van der Waals surface area contributed by atoms with E-state index in [1.165, 1.54) is 17.5 Å². The zero-order valence-electron chi connectivity index (χ0n) is 11.8. The maximum Gasteiger partial charge on any atom is 0.190 e. The predicted molar refractivity (Wildman–Crippen MR) is 75.3 cm³/mol. The number of hydrogen-bond donors (Lipinski definition) is 1. The molecule has 1 saturated carbocycles. The number of nitrogens with one attached hydrogen (secondary N) is 1. The summed E-state index contributed by atoms with van der Waals surface area (Å²) in [6.45, 7) is 4.67. The number of rotatable bonds is 5. The highest BCUT2D eigenvalue weighted by atomic mass is 19.1. The molecular weight excluding hydrogens is 255 g/mol. The molecule has 0 spiro atoms. The van der Waals surface area contributed by atoms with Crippen molar-refractivity contribution in [2.45, 2.75) is 45.2 Å². The second-order valence-electron chi connectivity index (χ2n) is 5.60. The van der Waals surface area contributed by atoms with Crippen molar-refractivity contribution in [1.29, 1.82) is 0 Å². The van der Waals surface area contributed by atoms with Gasteiger partial charge in [-0.15, -0.1) is 0 Å². The Morgan fingerprint density at radius 3 is 2.85 bits per heavy atom. The molecule has 0 aliphatic heterocycles. The molecule has 1 N–H and O–H groups in total. The average molecular weight is 274 g/mol. The summed E-state index contributed by atoms with van der Waals surface area (Å²) in [5.74, 6) is 0.296. The zero-order chi connectivity index (χ0) is 14.1. The van der Waals surface area contributed by atoms with Crippen molar-refractivity contribution in [2.75, 3.05) is 0 Å². The highest BCUT2D eigenvalue weighted by Crippen LogP contribution is 2.21. The first kappa shape index (κ1) is 13.2. The number of pyridine rings is 1. The molecule has 106 valence electrons. The Balaban J connectivity index is 1.85. The number of aromatic nitrogens is 3. The molecule has 0 atom stereocenters. The maximum absolute atomic E-state index is 14.5. The van der Waals surface area contributed by atoms with E-state index >= 15 is 0 Å². The van der Waals surface area contributed by atoms with Crippen molar-refractivity contribution in [3.63, 3.8) is 0 Å².